The van der Waals surface area contributed by atoms with Crippen LogP contribution in [0.15, 0.2) is 53.7 Å². The van der Waals surface area contributed by atoms with Gasteiger partial charge in [0, 0.05) is 35.3 Å². The van der Waals surface area contributed by atoms with E-state index in [1.165, 1.54) is 5.56 Å². The van der Waals surface area contributed by atoms with Crippen LogP contribution < -0.4 is 11.1 Å². The van der Waals surface area contributed by atoms with E-state index in [0.29, 0.717) is 6.54 Å². The Labute approximate surface area is 148 Å². The number of pyridine rings is 1. The minimum absolute atomic E-state index is 0.00534. The molecular formula is C19H25N3OS. The van der Waals surface area contributed by atoms with Gasteiger partial charge in [0.25, 0.3) is 0 Å². The molecule has 2 aromatic rings. The van der Waals surface area contributed by atoms with Crippen molar-refractivity contribution in [2.24, 2.45) is 11.1 Å². The first-order valence-electron chi connectivity index (χ1n) is 8.27. The molecule has 128 valence electrons. The van der Waals surface area contributed by atoms with Crippen LogP contribution in [0.25, 0.3) is 0 Å². The van der Waals surface area contributed by atoms with E-state index in [4.69, 9.17) is 5.73 Å². The number of nitrogens with two attached hydrogens (primary N) is 1. The Balaban J connectivity index is 1.95. The number of thioether (sulfide) groups is 1. The van der Waals surface area contributed by atoms with Gasteiger partial charge in [-0.3, -0.25) is 9.78 Å². The Kier molecular flexibility index (Phi) is 6.82. The highest BCUT2D eigenvalue weighted by molar-refractivity contribution is 7.98. The molecule has 1 heterocycles. The molecule has 0 saturated heterocycles. The number of amides is 1. The Hall–Kier alpha value is -1.85. The number of anilines is 1. The summed E-state index contributed by atoms with van der Waals surface area (Å²) in [4.78, 5) is 17.8. The van der Waals surface area contributed by atoms with Crippen molar-refractivity contribution >= 4 is 23.4 Å². The predicted octanol–water partition coefficient (Wildman–Crippen LogP) is 4.08. The van der Waals surface area contributed by atoms with Gasteiger partial charge in [-0.1, -0.05) is 19.9 Å². The molecular weight excluding hydrogens is 318 g/mol. The van der Waals surface area contributed by atoms with Gasteiger partial charge in [0.05, 0.1) is 5.41 Å². The predicted molar refractivity (Wildman–Crippen MR) is 101 cm³/mol. The van der Waals surface area contributed by atoms with Gasteiger partial charge in [-0.25, -0.2) is 0 Å². The number of benzene rings is 1. The lowest BCUT2D eigenvalue weighted by Gasteiger charge is -2.28. The van der Waals surface area contributed by atoms with Crippen LogP contribution in [0.2, 0.25) is 0 Å². The van der Waals surface area contributed by atoms with Gasteiger partial charge in [-0.2, -0.15) is 0 Å². The second-order valence-corrected chi connectivity index (χ2v) is 6.87. The van der Waals surface area contributed by atoms with E-state index in [1.807, 2.05) is 50.4 Å². The molecule has 0 atom stereocenters. The molecule has 0 aliphatic rings. The molecule has 0 spiro atoms. The Morgan fingerprint density at radius 2 is 1.92 bits per heavy atom. The van der Waals surface area contributed by atoms with Crippen molar-refractivity contribution in [3.63, 3.8) is 0 Å². The third-order valence-corrected chi connectivity index (χ3v) is 5.55. The molecule has 4 nitrogen and oxygen atoms in total. The lowest BCUT2D eigenvalue weighted by Crippen LogP contribution is -2.41. The lowest BCUT2D eigenvalue weighted by atomic mass is 9.81. The first kappa shape index (κ1) is 18.5. The van der Waals surface area contributed by atoms with Crippen molar-refractivity contribution in [3.8, 4) is 0 Å². The van der Waals surface area contributed by atoms with Crippen LogP contribution in [-0.4, -0.2) is 17.4 Å². The smallest absolute Gasteiger partial charge is 0.231 e. The van der Waals surface area contributed by atoms with Crippen molar-refractivity contribution in [2.45, 2.75) is 37.3 Å². The van der Waals surface area contributed by atoms with Crippen molar-refractivity contribution in [3.05, 3.63) is 54.4 Å². The molecule has 0 fully saturated rings. The fourth-order valence-corrected chi connectivity index (χ4v) is 3.33. The summed E-state index contributed by atoms with van der Waals surface area (Å²) in [5.41, 5.74) is 7.36. The molecule has 0 radical (unpaired) electrons. The van der Waals surface area contributed by atoms with Crippen molar-refractivity contribution in [1.29, 1.82) is 0 Å². The molecule has 5 heteroatoms. The topological polar surface area (TPSA) is 68.0 Å². The monoisotopic (exact) mass is 343 g/mol. The minimum Gasteiger partial charge on any atom is -0.329 e. The maximum atomic E-state index is 12.5. The molecule has 2 rings (SSSR count). The van der Waals surface area contributed by atoms with Crippen LogP contribution >= 0.6 is 11.8 Å². The van der Waals surface area contributed by atoms with E-state index in [2.05, 4.69) is 16.4 Å². The average Bonchev–Trinajstić information content (AvgIpc) is 2.64. The highest BCUT2D eigenvalue weighted by atomic mass is 32.2. The minimum atomic E-state index is -0.478. The number of rotatable bonds is 8. The number of nitrogens with zero attached hydrogens (tertiary/aromatic N) is 1. The van der Waals surface area contributed by atoms with Gasteiger partial charge in [-0.15, -0.1) is 11.8 Å². The molecule has 0 saturated carbocycles. The van der Waals surface area contributed by atoms with Crippen LogP contribution in [0, 0.1) is 5.41 Å². The van der Waals surface area contributed by atoms with Crippen LogP contribution in [0.5, 0.6) is 0 Å². The van der Waals surface area contributed by atoms with Gasteiger partial charge in [-0.05, 0) is 48.7 Å². The van der Waals surface area contributed by atoms with E-state index in [-0.39, 0.29) is 5.91 Å². The molecule has 0 aliphatic heterocycles. The van der Waals surface area contributed by atoms with E-state index >= 15 is 0 Å². The number of aromatic nitrogens is 1. The molecule has 1 aromatic carbocycles. The number of carbonyl (C=O) groups is 1. The summed E-state index contributed by atoms with van der Waals surface area (Å²) in [7, 11) is 0. The summed E-state index contributed by atoms with van der Waals surface area (Å²) in [6.45, 7) is 4.38. The molecule has 0 unspecified atom stereocenters. The van der Waals surface area contributed by atoms with Gasteiger partial charge < -0.3 is 11.1 Å². The van der Waals surface area contributed by atoms with Crippen molar-refractivity contribution < 1.29 is 4.79 Å². The van der Waals surface area contributed by atoms with Crippen LogP contribution in [0.3, 0.4) is 0 Å². The highest BCUT2D eigenvalue weighted by Crippen LogP contribution is 2.28. The normalized spacial score (nSPS) is 11.3. The lowest BCUT2D eigenvalue weighted by molar-refractivity contribution is -0.125. The Morgan fingerprint density at radius 3 is 2.46 bits per heavy atom. The van der Waals surface area contributed by atoms with Gasteiger partial charge in [0.1, 0.15) is 0 Å². The SMILES string of the molecule is CCC(CC)(CN)C(=O)Nc1ccc(SCc2cccnc2)cc1. The van der Waals surface area contributed by atoms with Gasteiger partial charge in [0.15, 0.2) is 0 Å². The van der Waals surface area contributed by atoms with E-state index in [1.54, 1.807) is 18.0 Å². The van der Waals surface area contributed by atoms with E-state index in [9.17, 15) is 4.79 Å². The van der Waals surface area contributed by atoms with Crippen LogP contribution in [0.4, 0.5) is 5.69 Å². The maximum Gasteiger partial charge on any atom is 0.231 e. The summed E-state index contributed by atoms with van der Waals surface area (Å²) in [5.74, 6) is 0.882. The quantitative estimate of drug-likeness (QED) is 0.709. The molecule has 1 aromatic heterocycles. The molecule has 3 N–H and O–H groups in total. The van der Waals surface area contributed by atoms with Crippen molar-refractivity contribution in [2.75, 3.05) is 11.9 Å². The standard InChI is InChI=1S/C19H25N3OS/c1-3-19(4-2,14-20)18(23)22-16-7-9-17(10-8-16)24-13-15-6-5-11-21-12-15/h5-12H,3-4,13-14,20H2,1-2H3,(H,22,23). The first-order valence-corrected chi connectivity index (χ1v) is 9.25. The zero-order chi connectivity index (χ0) is 17.4. The average molecular weight is 343 g/mol. The number of carbonyl (C=O) groups excluding carboxylic acids is 1. The second kappa shape index (κ2) is 8.85. The summed E-state index contributed by atoms with van der Waals surface area (Å²) in [6.07, 6.45) is 5.14. The molecule has 0 bridgehead atoms. The summed E-state index contributed by atoms with van der Waals surface area (Å²) < 4.78 is 0. The zero-order valence-corrected chi connectivity index (χ0v) is 15.1. The number of hydrogen-bond donors (Lipinski definition) is 2. The maximum absolute atomic E-state index is 12.5. The molecule has 24 heavy (non-hydrogen) atoms. The summed E-state index contributed by atoms with van der Waals surface area (Å²) in [6, 6.07) is 11.9. The summed E-state index contributed by atoms with van der Waals surface area (Å²) in [5, 5.41) is 3.00. The Morgan fingerprint density at radius 1 is 1.21 bits per heavy atom. The largest absolute Gasteiger partial charge is 0.329 e. The Bertz CT molecular complexity index is 631. The first-order chi connectivity index (χ1) is 11.6. The second-order valence-electron chi connectivity index (χ2n) is 5.82. The third-order valence-electron chi connectivity index (χ3n) is 4.47. The van der Waals surface area contributed by atoms with Gasteiger partial charge in [0.2, 0.25) is 5.91 Å². The number of hydrogen-bond acceptors (Lipinski definition) is 4. The fraction of sp³-hybridized carbons (Fsp3) is 0.368. The van der Waals surface area contributed by atoms with E-state index < -0.39 is 5.41 Å². The number of nitrogens with one attached hydrogen (secondary N) is 1. The van der Waals surface area contributed by atoms with Gasteiger partial charge >= 0.3 is 0 Å². The van der Waals surface area contributed by atoms with Crippen LogP contribution in [-0.2, 0) is 10.5 Å². The fourth-order valence-electron chi connectivity index (χ4n) is 2.50. The highest BCUT2D eigenvalue weighted by Gasteiger charge is 2.33. The third kappa shape index (κ3) is 4.58. The molecule has 1 amide bonds. The zero-order valence-electron chi connectivity index (χ0n) is 14.3. The summed E-state index contributed by atoms with van der Waals surface area (Å²) >= 11 is 1.75. The van der Waals surface area contributed by atoms with E-state index in [0.717, 1.165) is 29.2 Å². The molecule has 0 aliphatic carbocycles. The van der Waals surface area contributed by atoms with Crippen molar-refractivity contribution in [1.82, 2.24) is 4.98 Å². The van der Waals surface area contributed by atoms with Crippen LogP contribution in [0.1, 0.15) is 32.3 Å².